The van der Waals surface area contributed by atoms with E-state index >= 15 is 0 Å². The quantitative estimate of drug-likeness (QED) is 0.789. The zero-order chi connectivity index (χ0) is 13.7. The Kier molecular flexibility index (Phi) is 6.15. The van der Waals surface area contributed by atoms with Crippen LogP contribution in [-0.2, 0) is 0 Å². The number of hydrogen-bond acceptors (Lipinski definition) is 2. The van der Waals surface area contributed by atoms with Crippen molar-refractivity contribution in [3.63, 3.8) is 0 Å². The average molecular weight is 266 g/mol. The van der Waals surface area contributed by atoms with Crippen LogP contribution in [0.5, 0.6) is 0 Å². The molecule has 19 heavy (non-hydrogen) atoms. The first-order valence-electron chi connectivity index (χ1n) is 8.67. The summed E-state index contributed by atoms with van der Waals surface area (Å²) in [5, 5.41) is 3.55. The molecule has 2 rings (SSSR count). The number of nitrogens with zero attached hydrogens (tertiary/aromatic N) is 1. The molecule has 0 aromatic carbocycles. The summed E-state index contributed by atoms with van der Waals surface area (Å²) in [6.07, 6.45) is 9.98. The Hall–Kier alpha value is -0.0800. The highest BCUT2D eigenvalue weighted by atomic mass is 15.2. The molecule has 0 aromatic heterocycles. The van der Waals surface area contributed by atoms with Gasteiger partial charge in [-0.1, -0.05) is 33.6 Å². The Morgan fingerprint density at radius 3 is 2.63 bits per heavy atom. The van der Waals surface area contributed by atoms with Crippen LogP contribution in [0.2, 0.25) is 0 Å². The third kappa shape index (κ3) is 4.46. The second kappa shape index (κ2) is 7.64. The second-order valence-corrected chi connectivity index (χ2v) is 7.20. The van der Waals surface area contributed by atoms with Gasteiger partial charge in [-0.2, -0.15) is 0 Å². The van der Waals surface area contributed by atoms with Crippen molar-refractivity contribution in [1.29, 1.82) is 0 Å². The van der Waals surface area contributed by atoms with Gasteiger partial charge in [0.2, 0.25) is 0 Å². The van der Waals surface area contributed by atoms with E-state index in [0.29, 0.717) is 0 Å². The fraction of sp³-hybridized carbons (Fsp3) is 1.00. The molecule has 2 fully saturated rings. The standard InChI is InChI=1S/C17H34N2/c1-4-10-19(17-8-9-18-13-17)16-7-5-6-15(12-16)11-14(2)3/h14-18H,4-13H2,1-3H3. The fourth-order valence-electron chi connectivity index (χ4n) is 4.29. The Morgan fingerprint density at radius 2 is 2.00 bits per heavy atom. The van der Waals surface area contributed by atoms with E-state index in [1.54, 1.807) is 0 Å². The predicted octanol–water partition coefficient (Wildman–Crippen LogP) is 3.67. The van der Waals surface area contributed by atoms with E-state index in [0.717, 1.165) is 23.9 Å². The number of hydrogen-bond donors (Lipinski definition) is 1. The first-order chi connectivity index (χ1) is 9.20. The Labute approximate surface area is 120 Å². The van der Waals surface area contributed by atoms with Gasteiger partial charge in [0.05, 0.1) is 0 Å². The number of nitrogens with one attached hydrogen (secondary N) is 1. The van der Waals surface area contributed by atoms with Gasteiger partial charge < -0.3 is 5.32 Å². The number of rotatable bonds is 6. The maximum atomic E-state index is 3.55. The van der Waals surface area contributed by atoms with Crippen LogP contribution in [0.1, 0.15) is 65.7 Å². The van der Waals surface area contributed by atoms with Gasteiger partial charge in [-0.25, -0.2) is 0 Å². The van der Waals surface area contributed by atoms with E-state index < -0.39 is 0 Å². The van der Waals surface area contributed by atoms with Crippen LogP contribution < -0.4 is 5.32 Å². The molecule has 112 valence electrons. The lowest BCUT2D eigenvalue weighted by Crippen LogP contribution is -2.46. The normalized spacial score (nSPS) is 32.4. The molecule has 1 aliphatic carbocycles. The molecule has 1 saturated heterocycles. The van der Waals surface area contributed by atoms with Crippen molar-refractivity contribution in [2.24, 2.45) is 11.8 Å². The van der Waals surface area contributed by atoms with Gasteiger partial charge in [0, 0.05) is 18.6 Å². The molecular formula is C17H34N2. The van der Waals surface area contributed by atoms with E-state index in [4.69, 9.17) is 0 Å². The summed E-state index contributed by atoms with van der Waals surface area (Å²) in [7, 11) is 0. The summed E-state index contributed by atoms with van der Waals surface area (Å²) in [5.74, 6) is 1.86. The van der Waals surface area contributed by atoms with E-state index in [1.807, 2.05) is 0 Å². The van der Waals surface area contributed by atoms with E-state index in [-0.39, 0.29) is 0 Å². The smallest absolute Gasteiger partial charge is 0.0235 e. The van der Waals surface area contributed by atoms with Crippen molar-refractivity contribution >= 4 is 0 Å². The molecule has 0 amide bonds. The van der Waals surface area contributed by atoms with Gasteiger partial charge in [-0.3, -0.25) is 4.90 Å². The van der Waals surface area contributed by atoms with Crippen molar-refractivity contribution < 1.29 is 0 Å². The lowest BCUT2D eigenvalue weighted by molar-refractivity contribution is 0.0873. The third-order valence-electron chi connectivity index (χ3n) is 5.01. The minimum absolute atomic E-state index is 0.822. The Morgan fingerprint density at radius 1 is 1.16 bits per heavy atom. The highest BCUT2D eigenvalue weighted by molar-refractivity contribution is 4.88. The molecule has 0 aromatic rings. The fourth-order valence-corrected chi connectivity index (χ4v) is 4.29. The van der Waals surface area contributed by atoms with Crippen LogP contribution in [0, 0.1) is 11.8 Å². The summed E-state index contributed by atoms with van der Waals surface area (Å²) in [6.45, 7) is 10.9. The molecule has 1 saturated carbocycles. The summed E-state index contributed by atoms with van der Waals surface area (Å²) < 4.78 is 0. The van der Waals surface area contributed by atoms with Gasteiger partial charge in [0.15, 0.2) is 0 Å². The topological polar surface area (TPSA) is 15.3 Å². The molecule has 1 heterocycles. The van der Waals surface area contributed by atoms with Crippen LogP contribution in [0.4, 0.5) is 0 Å². The monoisotopic (exact) mass is 266 g/mol. The van der Waals surface area contributed by atoms with Crippen LogP contribution >= 0.6 is 0 Å². The first kappa shape index (κ1) is 15.3. The second-order valence-electron chi connectivity index (χ2n) is 7.20. The third-order valence-corrected chi connectivity index (χ3v) is 5.01. The van der Waals surface area contributed by atoms with Gasteiger partial charge in [0.25, 0.3) is 0 Å². The molecule has 0 bridgehead atoms. The lowest BCUT2D eigenvalue weighted by Gasteiger charge is -2.41. The van der Waals surface area contributed by atoms with Crippen LogP contribution in [0.25, 0.3) is 0 Å². The summed E-state index contributed by atoms with van der Waals surface area (Å²) in [5.41, 5.74) is 0. The average Bonchev–Trinajstić information content (AvgIpc) is 2.89. The van der Waals surface area contributed by atoms with E-state index in [9.17, 15) is 0 Å². The first-order valence-corrected chi connectivity index (χ1v) is 8.67. The maximum Gasteiger partial charge on any atom is 0.0235 e. The molecule has 3 unspecified atom stereocenters. The van der Waals surface area contributed by atoms with Crippen LogP contribution in [0.15, 0.2) is 0 Å². The molecule has 2 aliphatic rings. The molecule has 2 heteroatoms. The van der Waals surface area contributed by atoms with Gasteiger partial charge in [0.1, 0.15) is 0 Å². The maximum absolute atomic E-state index is 3.55. The van der Waals surface area contributed by atoms with Crippen molar-refractivity contribution in [1.82, 2.24) is 10.2 Å². The zero-order valence-corrected chi connectivity index (χ0v) is 13.3. The van der Waals surface area contributed by atoms with Crippen molar-refractivity contribution in [2.45, 2.75) is 77.8 Å². The van der Waals surface area contributed by atoms with Crippen molar-refractivity contribution in [3.8, 4) is 0 Å². The SMILES string of the molecule is CCCN(C1CCNC1)C1CCCC(CC(C)C)C1. The highest BCUT2D eigenvalue weighted by Crippen LogP contribution is 2.33. The summed E-state index contributed by atoms with van der Waals surface area (Å²) >= 11 is 0. The highest BCUT2D eigenvalue weighted by Gasteiger charge is 2.31. The molecule has 1 aliphatic heterocycles. The molecule has 3 atom stereocenters. The molecule has 2 nitrogen and oxygen atoms in total. The summed E-state index contributed by atoms with van der Waals surface area (Å²) in [4.78, 5) is 2.87. The predicted molar refractivity (Wildman–Crippen MR) is 83.5 cm³/mol. The largest absolute Gasteiger partial charge is 0.315 e. The van der Waals surface area contributed by atoms with Gasteiger partial charge >= 0.3 is 0 Å². The molecule has 1 N–H and O–H groups in total. The van der Waals surface area contributed by atoms with Crippen molar-refractivity contribution in [3.05, 3.63) is 0 Å². The molecular weight excluding hydrogens is 232 g/mol. The van der Waals surface area contributed by atoms with Crippen LogP contribution in [-0.4, -0.2) is 36.6 Å². The minimum atomic E-state index is 0.822. The van der Waals surface area contributed by atoms with E-state index in [1.165, 1.54) is 64.6 Å². The minimum Gasteiger partial charge on any atom is -0.315 e. The van der Waals surface area contributed by atoms with Crippen LogP contribution in [0.3, 0.4) is 0 Å². The summed E-state index contributed by atoms with van der Waals surface area (Å²) in [6, 6.07) is 1.70. The molecule has 0 radical (unpaired) electrons. The van der Waals surface area contributed by atoms with Crippen molar-refractivity contribution in [2.75, 3.05) is 19.6 Å². The van der Waals surface area contributed by atoms with Gasteiger partial charge in [-0.05, 0) is 57.0 Å². The van der Waals surface area contributed by atoms with E-state index in [2.05, 4.69) is 31.0 Å². The zero-order valence-electron chi connectivity index (χ0n) is 13.3. The van der Waals surface area contributed by atoms with Gasteiger partial charge in [-0.15, -0.1) is 0 Å². The molecule has 0 spiro atoms. The lowest BCUT2D eigenvalue weighted by atomic mass is 9.80. The Bertz CT molecular complexity index is 246. The Balaban J connectivity index is 1.91.